The van der Waals surface area contributed by atoms with Gasteiger partial charge in [-0.15, -0.1) is 0 Å². The largest absolute Gasteiger partial charge is 0.493 e. The van der Waals surface area contributed by atoms with Crippen molar-refractivity contribution in [2.24, 2.45) is 0 Å². The second-order valence-corrected chi connectivity index (χ2v) is 7.26. The van der Waals surface area contributed by atoms with Crippen molar-refractivity contribution in [2.45, 2.75) is 20.3 Å². The molecule has 0 radical (unpaired) electrons. The minimum Gasteiger partial charge on any atom is -0.493 e. The minimum absolute atomic E-state index is 0.241. The maximum atomic E-state index is 12.6. The number of likely N-dealkylation sites (N-methyl/N-ethyl adjacent to an activating group) is 1. The van der Waals surface area contributed by atoms with E-state index in [-0.39, 0.29) is 11.8 Å². The molecule has 2 aromatic carbocycles. The van der Waals surface area contributed by atoms with E-state index in [1.54, 1.807) is 24.3 Å². The highest BCUT2D eigenvalue weighted by molar-refractivity contribution is 6.34. The maximum absolute atomic E-state index is 12.6. The van der Waals surface area contributed by atoms with Gasteiger partial charge in [-0.05, 0) is 55.1 Å². The first-order chi connectivity index (χ1) is 14.0. The monoisotopic (exact) mass is 415 g/mol. The van der Waals surface area contributed by atoms with Crippen molar-refractivity contribution in [3.63, 3.8) is 0 Å². The summed E-state index contributed by atoms with van der Waals surface area (Å²) in [6, 6.07) is 10.3. The van der Waals surface area contributed by atoms with Gasteiger partial charge in [-0.25, -0.2) is 0 Å². The van der Waals surface area contributed by atoms with Crippen molar-refractivity contribution in [2.75, 3.05) is 38.1 Å². The Morgan fingerprint density at radius 1 is 1.10 bits per heavy atom. The Morgan fingerprint density at radius 3 is 2.66 bits per heavy atom. The van der Waals surface area contributed by atoms with E-state index in [0.717, 1.165) is 37.4 Å². The van der Waals surface area contributed by atoms with Gasteiger partial charge in [0.05, 0.1) is 17.2 Å². The van der Waals surface area contributed by atoms with E-state index in [9.17, 15) is 9.59 Å². The Hall–Kier alpha value is -2.57. The van der Waals surface area contributed by atoms with E-state index >= 15 is 0 Å². The highest BCUT2D eigenvalue weighted by Gasteiger charge is 2.16. The average molecular weight is 416 g/mol. The van der Waals surface area contributed by atoms with E-state index in [2.05, 4.69) is 29.4 Å². The molecule has 7 heteroatoms. The molecule has 2 aromatic rings. The molecule has 6 nitrogen and oxygen atoms in total. The Labute approximate surface area is 176 Å². The van der Waals surface area contributed by atoms with Crippen LogP contribution in [0.1, 0.15) is 40.1 Å². The lowest BCUT2D eigenvalue weighted by Gasteiger charge is -2.18. The molecule has 0 bridgehead atoms. The second-order valence-electron chi connectivity index (χ2n) is 6.85. The fraction of sp³-hybridized carbons (Fsp3) is 0.364. The number of ether oxygens (including phenoxy) is 1. The van der Waals surface area contributed by atoms with Gasteiger partial charge in [0.15, 0.2) is 0 Å². The standard InChI is InChI=1S/C22H26ClN3O3/c1-3-26(4-2)11-10-24-22(28)18-14-17(6-7-19(18)23)25-21(27)16-5-8-20-15(13-16)9-12-29-20/h5-8,13-14H,3-4,9-12H2,1-2H3,(H,24,28)(H,25,27). The summed E-state index contributed by atoms with van der Waals surface area (Å²) in [5.41, 5.74) is 2.44. The molecule has 1 aliphatic heterocycles. The normalized spacial score (nSPS) is 12.4. The van der Waals surface area contributed by atoms with Gasteiger partial charge in [0.1, 0.15) is 5.75 Å². The zero-order valence-corrected chi connectivity index (χ0v) is 17.5. The number of benzene rings is 2. The Morgan fingerprint density at radius 2 is 1.90 bits per heavy atom. The van der Waals surface area contributed by atoms with Crippen LogP contribution in [-0.2, 0) is 6.42 Å². The van der Waals surface area contributed by atoms with Gasteiger partial charge in [0.2, 0.25) is 0 Å². The van der Waals surface area contributed by atoms with Crippen LogP contribution < -0.4 is 15.4 Å². The van der Waals surface area contributed by atoms with Crippen molar-refractivity contribution in [3.8, 4) is 5.75 Å². The molecule has 2 N–H and O–H groups in total. The van der Waals surface area contributed by atoms with Crippen LogP contribution in [0.5, 0.6) is 5.75 Å². The quantitative estimate of drug-likeness (QED) is 0.691. The predicted octanol–water partition coefficient (Wildman–Crippen LogP) is 3.60. The van der Waals surface area contributed by atoms with Gasteiger partial charge in [-0.2, -0.15) is 0 Å². The molecule has 29 heavy (non-hydrogen) atoms. The summed E-state index contributed by atoms with van der Waals surface area (Å²) in [7, 11) is 0. The summed E-state index contributed by atoms with van der Waals surface area (Å²) in [6.45, 7) is 7.99. The SMILES string of the molecule is CCN(CC)CCNC(=O)c1cc(NC(=O)c2ccc3c(c2)CCO3)ccc1Cl. The number of halogens is 1. The maximum Gasteiger partial charge on any atom is 0.255 e. The van der Waals surface area contributed by atoms with Gasteiger partial charge in [-0.3, -0.25) is 9.59 Å². The number of rotatable bonds is 8. The number of carbonyl (C=O) groups excluding carboxylic acids is 2. The number of hydrogen-bond acceptors (Lipinski definition) is 4. The van der Waals surface area contributed by atoms with Crippen molar-refractivity contribution in [1.29, 1.82) is 0 Å². The minimum atomic E-state index is -0.257. The number of fused-ring (bicyclic) bond motifs is 1. The number of hydrogen-bond donors (Lipinski definition) is 2. The fourth-order valence-electron chi connectivity index (χ4n) is 3.27. The van der Waals surface area contributed by atoms with Gasteiger partial charge >= 0.3 is 0 Å². The smallest absolute Gasteiger partial charge is 0.255 e. The highest BCUT2D eigenvalue weighted by Crippen LogP contribution is 2.26. The second kappa shape index (κ2) is 9.76. The molecule has 0 unspecified atom stereocenters. The number of nitrogens with one attached hydrogen (secondary N) is 2. The van der Waals surface area contributed by atoms with E-state index in [4.69, 9.17) is 16.3 Å². The molecule has 0 aromatic heterocycles. The van der Waals surface area contributed by atoms with Gasteiger partial charge in [0, 0.05) is 30.8 Å². The molecule has 1 heterocycles. The molecule has 0 saturated heterocycles. The van der Waals surface area contributed by atoms with E-state index in [1.165, 1.54) is 0 Å². The lowest BCUT2D eigenvalue weighted by molar-refractivity contribution is 0.0947. The first-order valence-electron chi connectivity index (χ1n) is 9.89. The molecule has 0 atom stereocenters. The fourth-order valence-corrected chi connectivity index (χ4v) is 3.47. The van der Waals surface area contributed by atoms with Crippen molar-refractivity contribution < 1.29 is 14.3 Å². The summed E-state index contributed by atoms with van der Waals surface area (Å²) in [5, 5.41) is 6.07. The lowest BCUT2D eigenvalue weighted by atomic mass is 10.1. The molecule has 154 valence electrons. The third kappa shape index (κ3) is 5.28. The van der Waals surface area contributed by atoms with Gasteiger partial charge in [0.25, 0.3) is 11.8 Å². The molecule has 0 fully saturated rings. The van der Waals surface area contributed by atoms with Crippen molar-refractivity contribution >= 4 is 29.1 Å². The third-order valence-corrected chi connectivity index (χ3v) is 5.36. The summed E-state index contributed by atoms with van der Waals surface area (Å²) >= 11 is 6.21. The number of amides is 2. The number of anilines is 1. The molecule has 0 aliphatic carbocycles. The first-order valence-corrected chi connectivity index (χ1v) is 10.3. The van der Waals surface area contributed by atoms with Gasteiger partial charge < -0.3 is 20.3 Å². The van der Waals surface area contributed by atoms with E-state index in [0.29, 0.717) is 35.0 Å². The predicted molar refractivity (Wildman–Crippen MR) is 115 cm³/mol. The summed E-state index contributed by atoms with van der Waals surface area (Å²) in [4.78, 5) is 27.3. The van der Waals surface area contributed by atoms with Crippen LogP contribution >= 0.6 is 11.6 Å². The molecule has 3 rings (SSSR count). The van der Waals surface area contributed by atoms with Crippen LogP contribution in [0.2, 0.25) is 5.02 Å². The number of nitrogens with zero attached hydrogens (tertiary/aromatic N) is 1. The van der Waals surface area contributed by atoms with E-state index in [1.807, 2.05) is 12.1 Å². The summed E-state index contributed by atoms with van der Waals surface area (Å²) < 4.78 is 5.47. The van der Waals surface area contributed by atoms with Crippen LogP contribution in [0.15, 0.2) is 36.4 Å². The molecule has 0 spiro atoms. The average Bonchev–Trinajstić information content (AvgIpc) is 3.20. The zero-order valence-electron chi connectivity index (χ0n) is 16.8. The Balaban J connectivity index is 1.65. The first kappa shape index (κ1) is 21.1. The zero-order chi connectivity index (χ0) is 20.8. The van der Waals surface area contributed by atoms with Crippen LogP contribution in [0, 0.1) is 0 Å². The van der Waals surface area contributed by atoms with E-state index < -0.39 is 0 Å². The summed E-state index contributed by atoms with van der Waals surface area (Å²) in [5.74, 6) is 0.333. The summed E-state index contributed by atoms with van der Waals surface area (Å²) in [6.07, 6.45) is 0.801. The molecule has 2 amide bonds. The van der Waals surface area contributed by atoms with Crippen LogP contribution in [0.25, 0.3) is 0 Å². The van der Waals surface area contributed by atoms with Gasteiger partial charge in [-0.1, -0.05) is 25.4 Å². The molecular formula is C22H26ClN3O3. The van der Waals surface area contributed by atoms with Crippen LogP contribution in [0.3, 0.4) is 0 Å². The topological polar surface area (TPSA) is 70.7 Å². The Bertz CT molecular complexity index is 897. The molecular weight excluding hydrogens is 390 g/mol. The van der Waals surface area contributed by atoms with Crippen molar-refractivity contribution in [3.05, 3.63) is 58.1 Å². The molecule has 1 aliphatic rings. The van der Waals surface area contributed by atoms with Crippen LogP contribution in [0.4, 0.5) is 5.69 Å². The molecule has 0 saturated carbocycles. The Kier molecular flexibility index (Phi) is 7.12. The highest BCUT2D eigenvalue weighted by atomic mass is 35.5. The van der Waals surface area contributed by atoms with Crippen LogP contribution in [-0.4, -0.2) is 49.5 Å². The third-order valence-electron chi connectivity index (χ3n) is 5.03. The lowest BCUT2D eigenvalue weighted by Crippen LogP contribution is -2.34. The van der Waals surface area contributed by atoms with Crippen molar-refractivity contribution in [1.82, 2.24) is 10.2 Å². The number of carbonyl (C=O) groups is 2.